The van der Waals surface area contributed by atoms with Crippen molar-refractivity contribution in [2.45, 2.75) is 51.2 Å². The third-order valence-corrected chi connectivity index (χ3v) is 6.64. The Bertz CT molecular complexity index is 446. The van der Waals surface area contributed by atoms with E-state index >= 15 is 0 Å². The maximum absolute atomic E-state index is 13.2. The third-order valence-electron chi connectivity index (χ3n) is 6.64. The highest BCUT2D eigenvalue weighted by Gasteiger charge is 2.44. The number of hydrogen-bond acceptors (Lipinski definition) is 4. The van der Waals surface area contributed by atoms with Gasteiger partial charge < -0.3 is 14.5 Å². The topological polar surface area (TPSA) is 36.0 Å². The molecule has 0 aliphatic carbocycles. The van der Waals surface area contributed by atoms with E-state index in [2.05, 4.69) is 42.6 Å². The first-order valence-corrected chi connectivity index (χ1v) is 9.71. The zero-order valence-electron chi connectivity index (χ0n) is 16.0. The molecule has 3 aliphatic rings. The minimum Gasteiger partial charge on any atom is -0.378 e. The molecule has 0 aromatic heterocycles. The molecule has 5 heteroatoms. The van der Waals surface area contributed by atoms with E-state index in [9.17, 15) is 4.79 Å². The zero-order chi connectivity index (χ0) is 17.3. The van der Waals surface area contributed by atoms with E-state index in [1.165, 1.54) is 12.8 Å². The molecule has 0 bridgehead atoms. The first-order valence-electron chi connectivity index (χ1n) is 9.71. The van der Waals surface area contributed by atoms with Gasteiger partial charge in [0.2, 0.25) is 5.91 Å². The highest BCUT2D eigenvalue weighted by atomic mass is 16.5. The molecule has 1 amide bonds. The van der Waals surface area contributed by atoms with E-state index in [-0.39, 0.29) is 17.6 Å². The minimum absolute atomic E-state index is 0.165. The van der Waals surface area contributed by atoms with Gasteiger partial charge in [-0.1, -0.05) is 13.8 Å². The van der Waals surface area contributed by atoms with Crippen LogP contribution in [0, 0.1) is 11.8 Å². The predicted octanol–water partition coefficient (Wildman–Crippen LogP) is 1.68. The van der Waals surface area contributed by atoms with Crippen molar-refractivity contribution < 1.29 is 9.53 Å². The van der Waals surface area contributed by atoms with Crippen LogP contribution in [0.5, 0.6) is 0 Å². The van der Waals surface area contributed by atoms with Crippen molar-refractivity contribution in [3.05, 3.63) is 0 Å². The molecule has 0 aromatic carbocycles. The summed E-state index contributed by atoms with van der Waals surface area (Å²) in [6.45, 7) is 10.2. The van der Waals surface area contributed by atoms with Gasteiger partial charge >= 0.3 is 0 Å². The second-order valence-electron chi connectivity index (χ2n) is 8.58. The number of amides is 1. The molecule has 0 N–H and O–H groups in total. The summed E-state index contributed by atoms with van der Waals surface area (Å²) in [5.74, 6) is 1.04. The summed E-state index contributed by atoms with van der Waals surface area (Å²) >= 11 is 0. The number of hydrogen-bond donors (Lipinski definition) is 0. The Morgan fingerprint density at radius 2 is 1.83 bits per heavy atom. The van der Waals surface area contributed by atoms with E-state index in [0.717, 1.165) is 52.2 Å². The standard InChI is InChI=1S/C19H35N3O2/c1-15(2)17-13-16(5-12-24-17)18(23)22-11-10-21(4)19(14-22)6-8-20(3)9-7-19/h15-17H,5-14H2,1-4H3/t16-,17+/m0/s1. The molecule has 2 atom stereocenters. The number of piperazine rings is 1. The Labute approximate surface area is 147 Å². The van der Waals surface area contributed by atoms with E-state index in [0.29, 0.717) is 11.8 Å². The highest BCUT2D eigenvalue weighted by Crippen LogP contribution is 2.33. The Morgan fingerprint density at radius 1 is 1.12 bits per heavy atom. The normalized spacial score (nSPS) is 32.5. The molecule has 0 saturated carbocycles. The van der Waals surface area contributed by atoms with Crippen LogP contribution in [0.4, 0.5) is 0 Å². The van der Waals surface area contributed by atoms with Gasteiger partial charge in [0.1, 0.15) is 0 Å². The van der Waals surface area contributed by atoms with E-state index in [4.69, 9.17) is 4.74 Å². The first-order chi connectivity index (χ1) is 11.4. The lowest BCUT2D eigenvalue weighted by molar-refractivity contribution is -0.148. The number of carbonyl (C=O) groups excluding carboxylic acids is 1. The van der Waals surface area contributed by atoms with Crippen molar-refractivity contribution in [2.24, 2.45) is 11.8 Å². The second-order valence-corrected chi connectivity index (χ2v) is 8.58. The van der Waals surface area contributed by atoms with Crippen molar-refractivity contribution >= 4 is 5.91 Å². The molecule has 3 rings (SSSR count). The predicted molar refractivity (Wildman–Crippen MR) is 96.0 cm³/mol. The number of piperidine rings is 1. The SMILES string of the molecule is CC(C)[C@H]1C[C@@H](C(=O)N2CCN(C)C3(CCN(C)CC3)C2)CCO1. The summed E-state index contributed by atoms with van der Waals surface area (Å²) < 4.78 is 5.86. The maximum atomic E-state index is 13.2. The molecule has 0 unspecified atom stereocenters. The number of nitrogens with zero attached hydrogens (tertiary/aromatic N) is 3. The average Bonchev–Trinajstić information content (AvgIpc) is 2.59. The molecule has 138 valence electrons. The van der Waals surface area contributed by atoms with E-state index in [1.807, 2.05) is 0 Å². The molecular weight excluding hydrogens is 302 g/mol. The van der Waals surface area contributed by atoms with Gasteiger partial charge in [0.15, 0.2) is 0 Å². The fraction of sp³-hybridized carbons (Fsp3) is 0.947. The molecule has 1 spiro atoms. The Hall–Kier alpha value is -0.650. The zero-order valence-corrected chi connectivity index (χ0v) is 16.0. The maximum Gasteiger partial charge on any atom is 0.225 e. The molecule has 3 aliphatic heterocycles. The number of ether oxygens (including phenoxy) is 1. The first kappa shape index (κ1) is 18.2. The van der Waals surface area contributed by atoms with Crippen LogP contribution in [-0.2, 0) is 9.53 Å². The summed E-state index contributed by atoms with van der Waals surface area (Å²) in [4.78, 5) is 20.3. The quantitative estimate of drug-likeness (QED) is 0.768. The fourth-order valence-electron chi connectivity index (χ4n) is 4.60. The molecule has 0 radical (unpaired) electrons. The highest BCUT2D eigenvalue weighted by molar-refractivity contribution is 5.79. The average molecular weight is 338 g/mol. The molecule has 24 heavy (non-hydrogen) atoms. The van der Waals surface area contributed by atoms with Gasteiger partial charge in [0.05, 0.1) is 6.10 Å². The number of carbonyl (C=O) groups is 1. The second kappa shape index (κ2) is 7.30. The van der Waals surface area contributed by atoms with Crippen molar-refractivity contribution in [3.63, 3.8) is 0 Å². The van der Waals surface area contributed by atoms with Crippen LogP contribution in [0.25, 0.3) is 0 Å². The van der Waals surface area contributed by atoms with Crippen LogP contribution >= 0.6 is 0 Å². The van der Waals surface area contributed by atoms with Crippen molar-refractivity contribution in [1.29, 1.82) is 0 Å². The Morgan fingerprint density at radius 3 is 2.50 bits per heavy atom. The van der Waals surface area contributed by atoms with Crippen LogP contribution in [0.1, 0.15) is 39.5 Å². The van der Waals surface area contributed by atoms with Gasteiger partial charge in [-0.3, -0.25) is 9.69 Å². The lowest BCUT2D eigenvalue weighted by atomic mass is 9.82. The summed E-state index contributed by atoms with van der Waals surface area (Å²) in [7, 11) is 4.45. The van der Waals surface area contributed by atoms with Gasteiger partial charge in [-0.25, -0.2) is 0 Å². The molecule has 3 fully saturated rings. The van der Waals surface area contributed by atoms with E-state index in [1.54, 1.807) is 0 Å². The van der Waals surface area contributed by atoms with Crippen LogP contribution in [0.2, 0.25) is 0 Å². The lowest BCUT2D eigenvalue weighted by Crippen LogP contribution is -2.65. The molecule has 0 aromatic rings. The third kappa shape index (κ3) is 3.63. The van der Waals surface area contributed by atoms with Crippen LogP contribution < -0.4 is 0 Å². The molecular formula is C19H35N3O2. The number of likely N-dealkylation sites (N-methyl/N-ethyl adjacent to an activating group) is 1. The van der Waals surface area contributed by atoms with Gasteiger partial charge in [0.25, 0.3) is 0 Å². The largest absolute Gasteiger partial charge is 0.378 e. The number of likely N-dealkylation sites (tertiary alicyclic amines) is 1. The van der Waals surface area contributed by atoms with Gasteiger partial charge in [-0.2, -0.15) is 0 Å². The summed E-state index contributed by atoms with van der Waals surface area (Å²) in [5, 5.41) is 0. The summed E-state index contributed by atoms with van der Waals surface area (Å²) in [6, 6.07) is 0. The fourth-order valence-corrected chi connectivity index (χ4v) is 4.60. The molecule has 3 heterocycles. The van der Waals surface area contributed by atoms with E-state index < -0.39 is 0 Å². The summed E-state index contributed by atoms with van der Waals surface area (Å²) in [6.07, 6.45) is 4.39. The van der Waals surface area contributed by atoms with Gasteiger partial charge in [-0.15, -0.1) is 0 Å². The van der Waals surface area contributed by atoms with Crippen molar-refractivity contribution in [2.75, 3.05) is 53.4 Å². The monoisotopic (exact) mass is 337 g/mol. The van der Waals surface area contributed by atoms with Gasteiger partial charge in [0, 0.05) is 37.7 Å². The Kier molecular flexibility index (Phi) is 5.52. The molecule has 3 saturated heterocycles. The molecule has 5 nitrogen and oxygen atoms in total. The van der Waals surface area contributed by atoms with Crippen LogP contribution in [0.15, 0.2) is 0 Å². The Balaban J connectivity index is 1.65. The van der Waals surface area contributed by atoms with Crippen LogP contribution in [0.3, 0.4) is 0 Å². The van der Waals surface area contributed by atoms with Crippen LogP contribution in [-0.4, -0.2) is 85.7 Å². The van der Waals surface area contributed by atoms with Crippen molar-refractivity contribution in [3.8, 4) is 0 Å². The summed E-state index contributed by atoms with van der Waals surface area (Å²) in [5.41, 5.74) is 0.197. The smallest absolute Gasteiger partial charge is 0.225 e. The van der Waals surface area contributed by atoms with Crippen molar-refractivity contribution in [1.82, 2.24) is 14.7 Å². The minimum atomic E-state index is 0.165. The lowest BCUT2D eigenvalue weighted by Gasteiger charge is -2.53. The number of rotatable bonds is 2. The van der Waals surface area contributed by atoms with Gasteiger partial charge in [-0.05, 0) is 58.8 Å².